The summed E-state index contributed by atoms with van der Waals surface area (Å²) in [5, 5.41) is 8.00. The summed E-state index contributed by atoms with van der Waals surface area (Å²) in [6.07, 6.45) is 3.86. The third kappa shape index (κ3) is 6.09. The number of hydrogen-bond acceptors (Lipinski definition) is 4. The number of aryl methyl sites for hydroxylation is 1. The average Bonchev–Trinajstić information content (AvgIpc) is 3.26. The average molecular weight is 539 g/mol. The van der Waals surface area contributed by atoms with Crippen molar-refractivity contribution >= 4 is 46.8 Å². The molecule has 184 valence electrons. The van der Waals surface area contributed by atoms with Crippen LogP contribution in [-0.2, 0) is 13.0 Å². The van der Waals surface area contributed by atoms with E-state index in [0.29, 0.717) is 39.2 Å². The van der Waals surface area contributed by atoms with Gasteiger partial charge in [0, 0.05) is 20.5 Å². The van der Waals surface area contributed by atoms with Crippen molar-refractivity contribution < 1.29 is 18.3 Å². The first kappa shape index (κ1) is 25.3. The zero-order valence-corrected chi connectivity index (χ0v) is 21.0. The quantitative estimate of drug-likeness (QED) is 0.341. The van der Waals surface area contributed by atoms with Crippen LogP contribution in [0.2, 0.25) is 10.0 Å². The number of allylic oxidation sites excluding steroid dienone is 1. The van der Waals surface area contributed by atoms with Crippen LogP contribution in [0.3, 0.4) is 0 Å². The maximum absolute atomic E-state index is 15.2. The Kier molecular flexibility index (Phi) is 8.20. The molecule has 0 bridgehead atoms. The van der Waals surface area contributed by atoms with Crippen molar-refractivity contribution in [3.8, 4) is 5.75 Å². The molecule has 6 nitrogen and oxygen atoms in total. The second-order valence-electron chi connectivity index (χ2n) is 7.83. The third-order valence-electron chi connectivity index (χ3n) is 5.53. The van der Waals surface area contributed by atoms with Crippen LogP contribution in [0.5, 0.6) is 5.75 Å². The molecule has 1 aliphatic carbocycles. The molecular weight excluding hydrogens is 517 g/mol. The third-order valence-corrected chi connectivity index (χ3v) is 6.89. The Hall–Kier alpha value is -2.75. The van der Waals surface area contributed by atoms with Crippen LogP contribution in [0.1, 0.15) is 29.7 Å². The molecule has 0 fully saturated rings. The molecule has 11 heteroatoms. The van der Waals surface area contributed by atoms with E-state index in [2.05, 4.69) is 15.1 Å². The highest BCUT2D eigenvalue weighted by molar-refractivity contribution is 7.98. The number of nitrogens with one attached hydrogen (secondary N) is 2. The zero-order valence-electron chi connectivity index (χ0n) is 18.7. The lowest BCUT2D eigenvalue weighted by atomic mass is 9.92. The molecule has 1 heterocycles. The Labute approximate surface area is 215 Å². The van der Waals surface area contributed by atoms with Gasteiger partial charge in [-0.1, -0.05) is 29.3 Å². The zero-order chi connectivity index (χ0) is 24.9. The van der Waals surface area contributed by atoms with Gasteiger partial charge in [-0.3, -0.25) is 9.40 Å². The van der Waals surface area contributed by atoms with E-state index < -0.39 is 17.7 Å². The number of carbonyl (C=O) groups is 1. The smallest absolute Gasteiger partial charge is 0.325 e. The minimum atomic E-state index is -0.598. The summed E-state index contributed by atoms with van der Waals surface area (Å²) in [5.41, 5.74) is 2.99. The molecule has 1 aromatic heterocycles. The van der Waals surface area contributed by atoms with Gasteiger partial charge in [-0.05, 0) is 72.7 Å². The lowest BCUT2D eigenvalue weighted by Crippen LogP contribution is -2.32. The Bertz CT molecular complexity index is 1280. The van der Waals surface area contributed by atoms with Gasteiger partial charge in [0.05, 0.1) is 32.1 Å². The van der Waals surface area contributed by atoms with E-state index in [0.717, 1.165) is 35.9 Å². The van der Waals surface area contributed by atoms with Gasteiger partial charge in [0.15, 0.2) is 11.6 Å². The molecule has 0 saturated heterocycles. The molecule has 0 unspecified atom stereocenters. The molecule has 0 radical (unpaired) electrons. The summed E-state index contributed by atoms with van der Waals surface area (Å²) >= 11 is 13.2. The largest absolute Gasteiger partial charge is 0.494 e. The molecular formula is C24H22Cl2F2N4O2S. The molecule has 2 aromatic carbocycles. The topological polar surface area (TPSA) is 68.2 Å². The van der Waals surface area contributed by atoms with Crippen molar-refractivity contribution in [3.05, 3.63) is 81.1 Å². The van der Waals surface area contributed by atoms with Crippen LogP contribution in [0.15, 0.2) is 53.3 Å². The molecule has 0 atom stereocenters. The number of nitrogens with zero attached hydrogens (tertiary/aromatic N) is 2. The van der Waals surface area contributed by atoms with Gasteiger partial charge < -0.3 is 10.1 Å². The van der Waals surface area contributed by atoms with Crippen LogP contribution in [0.4, 0.5) is 13.6 Å². The summed E-state index contributed by atoms with van der Waals surface area (Å²) in [6.45, 7) is 0.0795. The van der Waals surface area contributed by atoms with Gasteiger partial charge in [-0.15, -0.1) is 0 Å². The number of methoxy groups -OCH3 is 1. The fraction of sp³-hybridized carbons (Fsp3) is 0.250. The summed E-state index contributed by atoms with van der Waals surface area (Å²) in [7, 11) is 1.37. The first-order valence-electron chi connectivity index (χ1n) is 10.8. The number of amides is 2. The molecule has 1 aliphatic rings. The van der Waals surface area contributed by atoms with Crippen molar-refractivity contribution in [2.24, 2.45) is 0 Å². The van der Waals surface area contributed by atoms with Crippen molar-refractivity contribution in [3.63, 3.8) is 0 Å². The summed E-state index contributed by atoms with van der Waals surface area (Å²) in [5.74, 6) is -0.873. The van der Waals surface area contributed by atoms with Gasteiger partial charge in [0.1, 0.15) is 5.83 Å². The number of fused-ring (bicyclic) bond motifs is 1. The van der Waals surface area contributed by atoms with Crippen LogP contribution >= 0.6 is 35.1 Å². The number of rotatable bonds is 7. The van der Waals surface area contributed by atoms with E-state index in [9.17, 15) is 9.18 Å². The van der Waals surface area contributed by atoms with E-state index in [4.69, 9.17) is 27.9 Å². The molecule has 3 aromatic rings. The highest BCUT2D eigenvalue weighted by Crippen LogP contribution is 2.34. The number of carbonyl (C=O) groups excluding carboxylic acids is 1. The van der Waals surface area contributed by atoms with E-state index in [1.54, 1.807) is 29.1 Å². The lowest BCUT2D eigenvalue weighted by Gasteiger charge is -2.19. The summed E-state index contributed by atoms with van der Waals surface area (Å²) in [6, 6.07) is 8.93. The summed E-state index contributed by atoms with van der Waals surface area (Å²) in [4.78, 5) is 12.7. The minimum absolute atomic E-state index is 0.108. The van der Waals surface area contributed by atoms with Crippen LogP contribution in [0, 0.1) is 5.82 Å². The minimum Gasteiger partial charge on any atom is -0.494 e. The standard InChI is InChI=1S/C24H22Cl2F2N4O2S/c1-34-22-8-7-17(10-20(22)27)35-31-24(33)29-12-21(28)18-4-2-3-14-11-30-32(23(14)18)13-15-5-6-16(25)9-19(15)26/h5-11H,2-4,12-13H2,1H3,(H2,29,31,33)/b21-18-. The Morgan fingerprint density at radius 1 is 1.23 bits per heavy atom. The van der Waals surface area contributed by atoms with Crippen LogP contribution in [0.25, 0.3) is 5.57 Å². The first-order valence-corrected chi connectivity index (χ1v) is 12.3. The molecule has 2 N–H and O–H groups in total. The van der Waals surface area contributed by atoms with Crippen molar-refractivity contribution in [1.29, 1.82) is 0 Å². The molecule has 35 heavy (non-hydrogen) atoms. The molecule has 2 amide bonds. The van der Waals surface area contributed by atoms with Gasteiger partial charge in [0.2, 0.25) is 0 Å². The van der Waals surface area contributed by atoms with Crippen LogP contribution < -0.4 is 14.8 Å². The van der Waals surface area contributed by atoms with E-state index >= 15 is 4.39 Å². The van der Waals surface area contributed by atoms with E-state index in [1.165, 1.54) is 19.2 Å². The maximum atomic E-state index is 15.2. The normalized spacial score (nSPS) is 14.3. The fourth-order valence-electron chi connectivity index (χ4n) is 3.84. The van der Waals surface area contributed by atoms with Gasteiger partial charge in [-0.25, -0.2) is 13.6 Å². The van der Waals surface area contributed by atoms with Crippen LogP contribution in [-0.4, -0.2) is 29.5 Å². The van der Waals surface area contributed by atoms with Crippen molar-refractivity contribution in [1.82, 2.24) is 19.8 Å². The molecule has 4 rings (SSSR count). The monoisotopic (exact) mass is 538 g/mol. The fourth-order valence-corrected chi connectivity index (χ4v) is 4.89. The lowest BCUT2D eigenvalue weighted by molar-refractivity contribution is 0.246. The Balaban J connectivity index is 1.42. The Morgan fingerprint density at radius 2 is 2.06 bits per heavy atom. The highest BCUT2D eigenvalue weighted by atomic mass is 35.5. The van der Waals surface area contributed by atoms with Crippen molar-refractivity contribution in [2.75, 3.05) is 13.7 Å². The van der Waals surface area contributed by atoms with E-state index in [1.807, 2.05) is 6.07 Å². The number of urea groups is 1. The number of hydrogen-bond donors (Lipinski definition) is 2. The van der Waals surface area contributed by atoms with Crippen molar-refractivity contribution in [2.45, 2.75) is 30.7 Å². The second-order valence-corrected chi connectivity index (χ2v) is 9.56. The highest BCUT2D eigenvalue weighted by Gasteiger charge is 2.24. The molecule has 0 aliphatic heterocycles. The van der Waals surface area contributed by atoms with Gasteiger partial charge >= 0.3 is 6.03 Å². The predicted molar refractivity (Wildman–Crippen MR) is 134 cm³/mol. The second kappa shape index (κ2) is 11.3. The van der Waals surface area contributed by atoms with Gasteiger partial charge in [0.25, 0.3) is 0 Å². The SMILES string of the molecule is COc1ccc(SNC(=O)NC/C(F)=C2\CCCc3cnn(Cc4ccc(Cl)cc4Cl)c32)cc1F. The molecule has 0 spiro atoms. The number of ether oxygens (including phenoxy) is 1. The molecule has 0 saturated carbocycles. The van der Waals surface area contributed by atoms with Gasteiger partial charge in [-0.2, -0.15) is 5.10 Å². The number of benzene rings is 2. The first-order chi connectivity index (χ1) is 16.9. The summed E-state index contributed by atoms with van der Waals surface area (Å²) < 4.78 is 38.2. The maximum Gasteiger partial charge on any atom is 0.325 e. The number of halogens is 4. The van der Waals surface area contributed by atoms with E-state index in [-0.39, 0.29) is 12.3 Å². The Morgan fingerprint density at radius 3 is 2.80 bits per heavy atom. The number of aromatic nitrogens is 2. The predicted octanol–water partition coefficient (Wildman–Crippen LogP) is 6.41.